The van der Waals surface area contributed by atoms with Crippen molar-refractivity contribution in [2.24, 2.45) is 4.99 Å². The standard InChI is InChI=1S/C17H10BrF4NO2/c18-11-7-6-10(8-12(11)19)13(17(20,21)22)14-16(24)25-15(23-14)9-4-2-1-3-5-9/h1-8,13-14H. The molecule has 0 aromatic heterocycles. The van der Waals surface area contributed by atoms with E-state index in [0.717, 1.165) is 18.2 Å². The highest BCUT2D eigenvalue weighted by Crippen LogP contribution is 2.41. The number of hydrogen-bond donors (Lipinski definition) is 0. The zero-order chi connectivity index (χ0) is 18.2. The summed E-state index contributed by atoms with van der Waals surface area (Å²) in [7, 11) is 0. The number of alkyl halides is 3. The topological polar surface area (TPSA) is 38.7 Å². The van der Waals surface area contributed by atoms with Crippen LogP contribution < -0.4 is 0 Å². The van der Waals surface area contributed by atoms with Gasteiger partial charge in [-0.3, -0.25) is 0 Å². The molecule has 0 saturated heterocycles. The summed E-state index contributed by atoms with van der Waals surface area (Å²) in [5.41, 5.74) is -0.00512. The zero-order valence-corrected chi connectivity index (χ0v) is 14.0. The maximum absolute atomic E-state index is 13.7. The Labute approximate surface area is 148 Å². The number of aliphatic imine (C=N–C) groups is 1. The zero-order valence-electron chi connectivity index (χ0n) is 12.4. The number of benzene rings is 2. The van der Waals surface area contributed by atoms with Crippen molar-refractivity contribution >= 4 is 27.8 Å². The van der Waals surface area contributed by atoms with Crippen molar-refractivity contribution < 1.29 is 27.1 Å². The fourth-order valence-corrected chi connectivity index (χ4v) is 2.79. The minimum Gasteiger partial charge on any atom is -0.406 e. The van der Waals surface area contributed by atoms with Gasteiger partial charge in [0.2, 0.25) is 5.90 Å². The first kappa shape index (κ1) is 17.6. The normalized spacial score (nSPS) is 18.7. The Bertz CT molecular complexity index is 836. The maximum Gasteiger partial charge on any atom is 0.398 e. The van der Waals surface area contributed by atoms with Gasteiger partial charge in [0.05, 0.1) is 4.47 Å². The molecular weight excluding hydrogens is 406 g/mol. The first-order chi connectivity index (χ1) is 11.8. The summed E-state index contributed by atoms with van der Waals surface area (Å²) in [6, 6.07) is 9.31. The lowest BCUT2D eigenvalue weighted by atomic mass is 9.91. The molecule has 8 heteroatoms. The van der Waals surface area contributed by atoms with Gasteiger partial charge in [-0.15, -0.1) is 0 Å². The fraction of sp³-hybridized carbons (Fsp3) is 0.176. The van der Waals surface area contributed by atoms with E-state index in [9.17, 15) is 22.4 Å². The molecule has 3 nitrogen and oxygen atoms in total. The third kappa shape index (κ3) is 3.58. The second kappa shape index (κ2) is 6.59. The molecule has 2 aromatic carbocycles. The predicted molar refractivity (Wildman–Crippen MR) is 85.8 cm³/mol. The molecule has 1 heterocycles. The molecule has 1 aliphatic rings. The van der Waals surface area contributed by atoms with Crippen LogP contribution >= 0.6 is 15.9 Å². The van der Waals surface area contributed by atoms with Crippen molar-refractivity contribution in [2.45, 2.75) is 18.1 Å². The van der Waals surface area contributed by atoms with Crippen LogP contribution in [0.3, 0.4) is 0 Å². The summed E-state index contributed by atoms with van der Waals surface area (Å²) in [5.74, 6) is -4.46. The Hall–Kier alpha value is -2.22. The van der Waals surface area contributed by atoms with Gasteiger partial charge in [0.1, 0.15) is 11.7 Å². The first-order valence-corrected chi connectivity index (χ1v) is 7.93. The van der Waals surface area contributed by atoms with E-state index in [1.54, 1.807) is 30.3 Å². The summed E-state index contributed by atoms with van der Waals surface area (Å²) >= 11 is 2.89. The number of carbonyl (C=O) groups is 1. The van der Waals surface area contributed by atoms with Crippen LogP contribution in [-0.4, -0.2) is 24.1 Å². The number of halogens is 5. The molecular formula is C17H10BrF4NO2. The van der Waals surface area contributed by atoms with Crippen LogP contribution in [0.15, 0.2) is 58.0 Å². The lowest BCUT2D eigenvalue weighted by Gasteiger charge is -2.22. The van der Waals surface area contributed by atoms with Crippen molar-refractivity contribution in [2.75, 3.05) is 0 Å². The van der Waals surface area contributed by atoms with E-state index in [1.807, 2.05) is 0 Å². The van der Waals surface area contributed by atoms with Crippen molar-refractivity contribution in [1.29, 1.82) is 0 Å². The SMILES string of the molecule is O=C1OC(c2ccccc2)=NC1C(c1ccc(Br)c(F)c1)C(F)(F)F. The van der Waals surface area contributed by atoms with E-state index >= 15 is 0 Å². The number of nitrogens with zero attached hydrogens (tertiary/aromatic N) is 1. The maximum atomic E-state index is 13.7. The number of rotatable bonds is 3. The van der Waals surface area contributed by atoms with Gasteiger partial charge in [-0.1, -0.05) is 24.3 Å². The molecule has 130 valence electrons. The lowest BCUT2D eigenvalue weighted by Crippen LogP contribution is -2.34. The molecule has 0 N–H and O–H groups in total. The predicted octanol–water partition coefficient (Wildman–Crippen LogP) is 4.61. The lowest BCUT2D eigenvalue weighted by molar-refractivity contribution is -0.164. The van der Waals surface area contributed by atoms with Crippen molar-refractivity contribution in [3.8, 4) is 0 Å². The molecule has 2 atom stereocenters. The molecule has 0 amide bonds. The summed E-state index contributed by atoms with van der Waals surface area (Å²) < 4.78 is 59.4. The average molecular weight is 416 g/mol. The number of cyclic esters (lactones) is 1. The van der Waals surface area contributed by atoms with E-state index in [-0.39, 0.29) is 10.4 Å². The van der Waals surface area contributed by atoms with E-state index in [0.29, 0.717) is 5.56 Å². The van der Waals surface area contributed by atoms with Gasteiger partial charge in [0.25, 0.3) is 0 Å². The van der Waals surface area contributed by atoms with Gasteiger partial charge >= 0.3 is 12.1 Å². The second-order valence-corrected chi connectivity index (χ2v) is 6.21. The Morgan fingerprint density at radius 3 is 2.40 bits per heavy atom. The molecule has 0 aliphatic carbocycles. The molecule has 0 radical (unpaired) electrons. The van der Waals surface area contributed by atoms with E-state index in [1.165, 1.54) is 0 Å². The molecule has 2 aromatic rings. The van der Waals surface area contributed by atoms with Crippen molar-refractivity contribution in [1.82, 2.24) is 0 Å². The van der Waals surface area contributed by atoms with Crippen LogP contribution in [0.2, 0.25) is 0 Å². The van der Waals surface area contributed by atoms with Gasteiger partial charge in [-0.25, -0.2) is 14.2 Å². The number of carbonyl (C=O) groups excluding carboxylic acids is 1. The summed E-state index contributed by atoms with van der Waals surface area (Å²) in [6.07, 6.45) is -4.81. The third-order valence-corrected chi connectivity index (χ3v) is 4.33. The van der Waals surface area contributed by atoms with Crippen LogP contribution in [-0.2, 0) is 9.53 Å². The molecule has 25 heavy (non-hydrogen) atoms. The minimum absolute atomic E-state index is 0.0275. The smallest absolute Gasteiger partial charge is 0.398 e. The van der Waals surface area contributed by atoms with E-state index < -0.39 is 35.5 Å². The third-order valence-electron chi connectivity index (χ3n) is 3.69. The van der Waals surface area contributed by atoms with Gasteiger partial charge in [-0.2, -0.15) is 13.2 Å². The summed E-state index contributed by atoms with van der Waals surface area (Å²) in [6.45, 7) is 0. The molecule has 2 unspecified atom stereocenters. The molecule has 0 bridgehead atoms. The van der Waals surface area contributed by atoms with Gasteiger partial charge < -0.3 is 4.74 Å². The van der Waals surface area contributed by atoms with Gasteiger partial charge in [0, 0.05) is 5.56 Å². The molecule has 0 fully saturated rings. The van der Waals surface area contributed by atoms with E-state index in [2.05, 4.69) is 20.9 Å². The Morgan fingerprint density at radius 1 is 1.12 bits per heavy atom. The summed E-state index contributed by atoms with van der Waals surface area (Å²) in [5, 5.41) is 0. The highest BCUT2D eigenvalue weighted by atomic mass is 79.9. The van der Waals surface area contributed by atoms with Crippen LogP contribution in [0, 0.1) is 5.82 Å². The highest BCUT2D eigenvalue weighted by molar-refractivity contribution is 9.10. The monoisotopic (exact) mass is 415 g/mol. The number of hydrogen-bond acceptors (Lipinski definition) is 3. The number of esters is 1. The van der Waals surface area contributed by atoms with Crippen LogP contribution in [0.25, 0.3) is 0 Å². The van der Waals surface area contributed by atoms with Crippen LogP contribution in [0.5, 0.6) is 0 Å². The van der Waals surface area contributed by atoms with Gasteiger partial charge in [0.15, 0.2) is 6.04 Å². The Morgan fingerprint density at radius 2 is 1.80 bits per heavy atom. The molecule has 0 spiro atoms. The fourth-order valence-electron chi connectivity index (χ4n) is 2.54. The second-order valence-electron chi connectivity index (χ2n) is 5.36. The minimum atomic E-state index is -4.81. The molecule has 1 aliphatic heterocycles. The van der Waals surface area contributed by atoms with Crippen molar-refractivity contribution in [3.63, 3.8) is 0 Å². The Kier molecular flexibility index (Phi) is 4.64. The average Bonchev–Trinajstić information content (AvgIpc) is 2.92. The first-order valence-electron chi connectivity index (χ1n) is 7.14. The van der Waals surface area contributed by atoms with E-state index in [4.69, 9.17) is 4.74 Å². The Balaban J connectivity index is 2.03. The van der Waals surface area contributed by atoms with Crippen LogP contribution in [0.4, 0.5) is 17.6 Å². The quantitative estimate of drug-likeness (QED) is 0.542. The van der Waals surface area contributed by atoms with Crippen LogP contribution in [0.1, 0.15) is 17.0 Å². The highest BCUT2D eigenvalue weighted by Gasteiger charge is 2.51. The number of ether oxygens (including phenoxy) is 1. The molecule has 3 rings (SSSR count). The van der Waals surface area contributed by atoms with Crippen molar-refractivity contribution in [3.05, 3.63) is 69.9 Å². The molecule has 0 saturated carbocycles. The van der Waals surface area contributed by atoms with Gasteiger partial charge in [-0.05, 0) is 45.8 Å². The summed E-state index contributed by atoms with van der Waals surface area (Å²) in [4.78, 5) is 15.9. The largest absolute Gasteiger partial charge is 0.406 e.